The average Bonchev–Trinajstić information content (AvgIpc) is 3.53. The van der Waals surface area contributed by atoms with Crippen molar-refractivity contribution in [1.29, 1.82) is 0 Å². The third-order valence-electron chi connectivity index (χ3n) is 5.38. The van der Waals surface area contributed by atoms with Crippen LogP contribution in [0.15, 0.2) is 61.2 Å². The predicted molar refractivity (Wildman–Crippen MR) is 161 cm³/mol. The van der Waals surface area contributed by atoms with Crippen LogP contribution in [0.4, 0.5) is 16.3 Å². The lowest BCUT2D eigenvalue weighted by atomic mass is 10.2. The van der Waals surface area contributed by atoms with Crippen molar-refractivity contribution in [3.05, 3.63) is 66.2 Å². The summed E-state index contributed by atoms with van der Waals surface area (Å²) >= 11 is 7.99. The van der Waals surface area contributed by atoms with Gasteiger partial charge in [-0.2, -0.15) is 12.8 Å². The maximum Gasteiger partial charge on any atom is 0.315 e. The summed E-state index contributed by atoms with van der Waals surface area (Å²) in [6.45, 7) is 4.86. The van der Waals surface area contributed by atoms with Crippen LogP contribution in [-0.2, 0) is 16.7 Å². The highest BCUT2D eigenvalue weighted by Crippen LogP contribution is 2.36. The Balaban J connectivity index is 0.000000714. The van der Waals surface area contributed by atoms with Crippen LogP contribution in [0.5, 0.6) is 11.5 Å². The normalized spacial score (nSPS) is 11.3. The Bertz CT molecular complexity index is 1760. The highest BCUT2D eigenvalue weighted by atomic mass is 35.5. The first-order valence-electron chi connectivity index (χ1n) is 12.3. The van der Waals surface area contributed by atoms with Crippen molar-refractivity contribution < 1.29 is 22.5 Å². The number of benzene rings is 2. The number of nitrogens with one attached hydrogen (secondary N) is 3. The molecule has 3 aromatic heterocycles. The van der Waals surface area contributed by atoms with Gasteiger partial charge in [-0.1, -0.05) is 17.7 Å². The van der Waals surface area contributed by atoms with Crippen molar-refractivity contribution in [3.63, 3.8) is 0 Å². The number of amides is 2. The zero-order chi connectivity index (χ0) is 29.6. The number of nitrogens with zero attached hydrogens (tertiary/aromatic N) is 4. The summed E-state index contributed by atoms with van der Waals surface area (Å²) in [7, 11) is -3.67. The van der Waals surface area contributed by atoms with E-state index in [4.69, 9.17) is 20.9 Å². The molecule has 0 spiro atoms. The molecule has 4 N–H and O–H groups in total. The smallest absolute Gasteiger partial charge is 0.315 e. The van der Waals surface area contributed by atoms with E-state index in [0.717, 1.165) is 26.8 Å². The third kappa shape index (κ3) is 8.50. The quantitative estimate of drug-likeness (QED) is 0.166. The van der Waals surface area contributed by atoms with E-state index in [0.29, 0.717) is 41.7 Å². The number of anilines is 2. The van der Waals surface area contributed by atoms with Gasteiger partial charge in [0.1, 0.15) is 23.3 Å². The van der Waals surface area contributed by atoms with Gasteiger partial charge in [0.25, 0.3) is 10.1 Å². The SMILES string of the molecule is CC(C)NC(=O)NCCn1ccc2ncnc(Nc3ccc(Oc4cccc5sncc45)c(Cl)c3)c21.CS(=O)(=O)O. The van der Waals surface area contributed by atoms with E-state index in [-0.39, 0.29) is 12.1 Å². The van der Waals surface area contributed by atoms with E-state index in [1.165, 1.54) is 17.9 Å². The molecule has 0 atom stereocenters. The first kappa shape index (κ1) is 30.0. The Morgan fingerprint density at radius 2 is 1.95 bits per heavy atom. The molecule has 0 aliphatic rings. The summed E-state index contributed by atoms with van der Waals surface area (Å²) in [4.78, 5) is 20.7. The number of halogens is 1. The van der Waals surface area contributed by atoms with Gasteiger partial charge < -0.3 is 25.3 Å². The first-order chi connectivity index (χ1) is 19.5. The number of hydrogen-bond donors (Lipinski definition) is 4. The maximum atomic E-state index is 11.9. The summed E-state index contributed by atoms with van der Waals surface area (Å²) in [6.07, 6.45) is 5.95. The van der Waals surface area contributed by atoms with Gasteiger partial charge >= 0.3 is 6.03 Å². The summed E-state index contributed by atoms with van der Waals surface area (Å²) < 4.78 is 39.2. The van der Waals surface area contributed by atoms with Gasteiger partial charge in [0, 0.05) is 31.0 Å². The van der Waals surface area contributed by atoms with Gasteiger partial charge in [0.15, 0.2) is 5.82 Å². The lowest BCUT2D eigenvalue weighted by molar-refractivity contribution is 0.238. The summed E-state index contributed by atoms with van der Waals surface area (Å²) in [5.41, 5.74) is 2.38. The topological polar surface area (TPSA) is 160 Å². The van der Waals surface area contributed by atoms with Crippen LogP contribution in [0, 0.1) is 0 Å². The summed E-state index contributed by atoms with van der Waals surface area (Å²) in [6, 6.07) is 13.1. The molecule has 2 aromatic carbocycles. The predicted octanol–water partition coefficient (Wildman–Crippen LogP) is 5.44. The number of urea groups is 1. The van der Waals surface area contributed by atoms with Crippen molar-refractivity contribution in [2.75, 3.05) is 18.1 Å². The first-order valence-corrected chi connectivity index (χ1v) is 15.3. The molecule has 0 aliphatic carbocycles. The zero-order valence-electron chi connectivity index (χ0n) is 22.3. The summed E-state index contributed by atoms with van der Waals surface area (Å²) in [5.74, 6) is 1.88. The number of hydrogen-bond acceptors (Lipinski definition) is 9. The molecular weight excluding hydrogens is 590 g/mol. The van der Waals surface area contributed by atoms with Crippen LogP contribution in [0.25, 0.3) is 21.1 Å². The fraction of sp³-hybridized carbons (Fsp3) is 0.231. The number of fused-ring (bicyclic) bond motifs is 2. The molecule has 15 heteroatoms. The van der Waals surface area contributed by atoms with E-state index in [1.807, 2.05) is 61.0 Å². The molecular formula is C26H28ClN7O5S2. The molecule has 3 heterocycles. The van der Waals surface area contributed by atoms with Gasteiger partial charge in [-0.25, -0.2) is 14.8 Å². The molecule has 216 valence electrons. The summed E-state index contributed by atoms with van der Waals surface area (Å²) in [5, 5.41) is 10.4. The molecule has 0 unspecified atom stereocenters. The zero-order valence-corrected chi connectivity index (χ0v) is 24.7. The van der Waals surface area contributed by atoms with E-state index in [1.54, 1.807) is 12.3 Å². The second-order valence-corrected chi connectivity index (χ2v) is 11.8. The number of rotatable bonds is 8. The Morgan fingerprint density at radius 3 is 2.68 bits per heavy atom. The number of aromatic nitrogens is 4. The minimum atomic E-state index is -3.67. The molecule has 12 nitrogen and oxygen atoms in total. The van der Waals surface area contributed by atoms with Gasteiger partial charge in [0.2, 0.25) is 0 Å². The van der Waals surface area contributed by atoms with Gasteiger partial charge in [-0.15, -0.1) is 0 Å². The van der Waals surface area contributed by atoms with E-state index in [2.05, 4.69) is 30.3 Å². The number of ether oxygens (including phenoxy) is 1. The second kappa shape index (κ2) is 13.1. The Hall–Kier alpha value is -3.98. The van der Waals surface area contributed by atoms with Crippen molar-refractivity contribution in [2.24, 2.45) is 0 Å². The molecule has 0 bridgehead atoms. The Labute approximate surface area is 245 Å². The maximum absolute atomic E-state index is 11.9. The molecule has 0 aliphatic heterocycles. The fourth-order valence-corrected chi connectivity index (χ4v) is 4.67. The molecule has 0 radical (unpaired) electrons. The highest BCUT2D eigenvalue weighted by molar-refractivity contribution is 7.85. The highest BCUT2D eigenvalue weighted by Gasteiger charge is 2.13. The van der Waals surface area contributed by atoms with Gasteiger partial charge in [0.05, 0.1) is 33.1 Å². The Kier molecular flexibility index (Phi) is 9.60. The van der Waals surface area contributed by atoms with E-state index >= 15 is 0 Å². The molecule has 5 rings (SSSR count). The van der Waals surface area contributed by atoms with Crippen molar-refractivity contribution in [2.45, 2.75) is 26.4 Å². The lowest BCUT2D eigenvalue weighted by Gasteiger charge is -2.13. The largest absolute Gasteiger partial charge is 0.455 e. The van der Waals surface area contributed by atoms with E-state index in [9.17, 15) is 13.2 Å². The molecule has 2 amide bonds. The molecule has 5 aromatic rings. The van der Waals surface area contributed by atoms with Crippen LogP contribution < -0.4 is 20.7 Å². The molecule has 0 saturated carbocycles. The van der Waals surface area contributed by atoms with E-state index < -0.39 is 10.1 Å². The molecule has 0 saturated heterocycles. The van der Waals surface area contributed by atoms with Gasteiger partial charge in [-0.05, 0) is 61.8 Å². The standard InChI is InChI=1S/C25H24ClN7O2S.CH4O3S/c1-15(2)31-25(34)27-9-11-33-10-8-19-23(33)24(29-14-28-19)32-16-6-7-21(18(26)12-16)35-20-4-3-5-22-17(20)13-30-36-22;1-5(2,3)4/h3-8,10,12-15H,9,11H2,1-2H3,(H2,27,31,34)(H,28,29,32);1H3,(H,2,3,4). The second-order valence-electron chi connectivity index (χ2n) is 9.12. The minimum Gasteiger partial charge on any atom is -0.455 e. The van der Waals surface area contributed by atoms with Crippen LogP contribution in [0.3, 0.4) is 0 Å². The number of carbonyl (C=O) groups excluding carboxylic acids is 1. The third-order valence-corrected chi connectivity index (χ3v) is 6.44. The van der Waals surface area contributed by atoms with Crippen LogP contribution in [0.1, 0.15) is 13.8 Å². The average molecular weight is 618 g/mol. The fourth-order valence-electron chi connectivity index (χ4n) is 3.79. The Morgan fingerprint density at radius 1 is 1.17 bits per heavy atom. The van der Waals surface area contributed by atoms with Crippen LogP contribution in [0.2, 0.25) is 5.02 Å². The monoisotopic (exact) mass is 617 g/mol. The molecule has 41 heavy (non-hydrogen) atoms. The minimum absolute atomic E-state index is 0.0755. The lowest BCUT2D eigenvalue weighted by Crippen LogP contribution is -2.40. The van der Waals surface area contributed by atoms with Crippen molar-refractivity contribution in [3.8, 4) is 11.5 Å². The van der Waals surface area contributed by atoms with Crippen LogP contribution >= 0.6 is 23.1 Å². The molecule has 0 fully saturated rings. The van der Waals surface area contributed by atoms with Crippen molar-refractivity contribution in [1.82, 2.24) is 29.5 Å². The van der Waals surface area contributed by atoms with Gasteiger partial charge in [-0.3, -0.25) is 4.55 Å². The van der Waals surface area contributed by atoms with Crippen LogP contribution in [-0.4, -0.2) is 56.8 Å². The number of carbonyl (C=O) groups is 1. The van der Waals surface area contributed by atoms with Crippen molar-refractivity contribution >= 4 is 71.9 Å².